The zero-order valence-corrected chi connectivity index (χ0v) is 14.6. The van der Waals surface area contributed by atoms with Gasteiger partial charge in [-0.2, -0.15) is 0 Å². The molecule has 0 spiro atoms. The summed E-state index contributed by atoms with van der Waals surface area (Å²) in [6, 6.07) is 12.3. The molecular formula is C17H17BrClNO2. The normalized spacial score (nSPS) is 10.3. The van der Waals surface area contributed by atoms with Crippen molar-refractivity contribution in [2.75, 3.05) is 11.9 Å². The molecule has 22 heavy (non-hydrogen) atoms. The van der Waals surface area contributed by atoms with Crippen LogP contribution in [0.4, 0.5) is 5.69 Å². The summed E-state index contributed by atoms with van der Waals surface area (Å²) >= 11 is 9.34. The summed E-state index contributed by atoms with van der Waals surface area (Å²) in [5.74, 6) is 0.552. The molecule has 0 radical (unpaired) electrons. The average Bonchev–Trinajstić information content (AvgIpc) is 2.49. The summed E-state index contributed by atoms with van der Waals surface area (Å²) in [6.07, 6.45) is 2.08. The number of unbranched alkanes of at least 4 members (excludes halogenated alkanes) is 1. The monoisotopic (exact) mass is 381 g/mol. The maximum absolute atomic E-state index is 12.2. The molecule has 2 rings (SSSR count). The van der Waals surface area contributed by atoms with Crippen LogP contribution in [0.15, 0.2) is 46.9 Å². The van der Waals surface area contributed by atoms with E-state index in [4.69, 9.17) is 16.3 Å². The van der Waals surface area contributed by atoms with Crippen LogP contribution in [0.3, 0.4) is 0 Å². The molecule has 0 fully saturated rings. The number of carbonyl (C=O) groups is 1. The SMILES string of the molecule is CCCCOc1ccc(C(=O)Nc2cccc(Cl)c2)cc1Br. The first-order valence-corrected chi connectivity index (χ1v) is 8.26. The quantitative estimate of drug-likeness (QED) is 0.667. The molecule has 0 unspecified atom stereocenters. The Kier molecular flexibility index (Phi) is 6.28. The Bertz CT molecular complexity index is 661. The summed E-state index contributed by atoms with van der Waals surface area (Å²) in [6.45, 7) is 2.78. The maximum atomic E-state index is 12.2. The lowest BCUT2D eigenvalue weighted by atomic mass is 10.2. The van der Waals surface area contributed by atoms with E-state index in [1.807, 2.05) is 0 Å². The third-order valence-corrected chi connectivity index (χ3v) is 3.89. The van der Waals surface area contributed by atoms with Gasteiger partial charge in [-0.1, -0.05) is 31.0 Å². The van der Waals surface area contributed by atoms with Crippen molar-refractivity contribution in [3.63, 3.8) is 0 Å². The van der Waals surface area contributed by atoms with Gasteiger partial charge in [0.25, 0.3) is 5.91 Å². The van der Waals surface area contributed by atoms with Gasteiger partial charge in [-0.25, -0.2) is 0 Å². The van der Waals surface area contributed by atoms with Crippen LogP contribution < -0.4 is 10.1 Å². The molecule has 0 aliphatic rings. The van der Waals surface area contributed by atoms with Gasteiger partial charge in [-0.15, -0.1) is 0 Å². The van der Waals surface area contributed by atoms with Crippen LogP contribution in [-0.4, -0.2) is 12.5 Å². The molecule has 1 N–H and O–H groups in total. The Morgan fingerprint density at radius 3 is 2.77 bits per heavy atom. The lowest BCUT2D eigenvalue weighted by Crippen LogP contribution is -2.12. The van der Waals surface area contributed by atoms with Crippen LogP contribution in [0.1, 0.15) is 30.1 Å². The van der Waals surface area contributed by atoms with Gasteiger partial charge in [0.15, 0.2) is 0 Å². The number of rotatable bonds is 6. The molecule has 0 bridgehead atoms. The van der Waals surface area contributed by atoms with Crippen molar-refractivity contribution in [1.82, 2.24) is 0 Å². The molecule has 0 saturated heterocycles. The van der Waals surface area contributed by atoms with Gasteiger partial charge in [0.2, 0.25) is 0 Å². The molecule has 1 amide bonds. The molecule has 0 saturated carbocycles. The van der Waals surface area contributed by atoms with E-state index in [-0.39, 0.29) is 5.91 Å². The largest absolute Gasteiger partial charge is 0.492 e. The Hall–Kier alpha value is -1.52. The van der Waals surface area contributed by atoms with E-state index in [1.54, 1.807) is 42.5 Å². The summed E-state index contributed by atoms with van der Waals surface area (Å²) in [5.41, 5.74) is 1.21. The summed E-state index contributed by atoms with van der Waals surface area (Å²) < 4.78 is 6.42. The van der Waals surface area contributed by atoms with Crippen LogP contribution in [0.2, 0.25) is 5.02 Å². The third-order valence-electron chi connectivity index (χ3n) is 3.03. The highest BCUT2D eigenvalue weighted by Crippen LogP contribution is 2.27. The van der Waals surface area contributed by atoms with Crippen LogP contribution in [-0.2, 0) is 0 Å². The number of carbonyl (C=O) groups excluding carboxylic acids is 1. The molecule has 0 aliphatic carbocycles. The number of nitrogens with one attached hydrogen (secondary N) is 1. The molecule has 2 aromatic carbocycles. The molecule has 2 aromatic rings. The van der Waals surface area contributed by atoms with Crippen molar-refractivity contribution < 1.29 is 9.53 Å². The van der Waals surface area contributed by atoms with E-state index in [2.05, 4.69) is 28.2 Å². The van der Waals surface area contributed by atoms with Crippen molar-refractivity contribution >= 4 is 39.1 Å². The molecule has 5 heteroatoms. The number of hydrogen-bond acceptors (Lipinski definition) is 2. The van der Waals surface area contributed by atoms with Gasteiger partial charge in [0, 0.05) is 16.3 Å². The Morgan fingerprint density at radius 2 is 2.09 bits per heavy atom. The highest BCUT2D eigenvalue weighted by atomic mass is 79.9. The molecular weight excluding hydrogens is 366 g/mol. The maximum Gasteiger partial charge on any atom is 0.255 e. The van der Waals surface area contributed by atoms with E-state index < -0.39 is 0 Å². The minimum absolute atomic E-state index is 0.192. The van der Waals surface area contributed by atoms with Crippen molar-refractivity contribution in [3.05, 3.63) is 57.5 Å². The van der Waals surface area contributed by atoms with E-state index in [0.29, 0.717) is 22.9 Å². The second kappa shape index (κ2) is 8.20. The summed E-state index contributed by atoms with van der Waals surface area (Å²) in [5, 5.41) is 3.40. The average molecular weight is 383 g/mol. The minimum atomic E-state index is -0.192. The van der Waals surface area contributed by atoms with Gasteiger partial charge in [0.05, 0.1) is 11.1 Å². The topological polar surface area (TPSA) is 38.3 Å². The van der Waals surface area contributed by atoms with Gasteiger partial charge in [0.1, 0.15) is 5.75 Å². The second-order valence-corrected chi connectivity index (χ2v) is 6.10. The molecule has 0 heterocycles. The molecule has 3 nitrogen and oxygen atoms in total. The third kappa shape index (κ3) is 4.75. The Labute approximate surface area is 143 Å². The fourth-order valence-electron chi connectivity index (χ4n) is 1.86. The zero-order valence-electron chi connectivity index (χ0n) is 12.2. The van der Waals surface area contributed by atoms with E-state index >= 15 is 0 Å². The fraction of sp³-hybridized carbons (Fsp3) is 0.235. The first-order chi connectivity index (χ1) is 10.6. The van der Waals surface area contributed by atoms with Crippen molar-refractivity contribution in [1.29, 1.82) is 0 Å². The van der Waals surface area contributed by atoms with Crippen molar-refractivity contribution in [2.45, 2.75) is 19.8 Å². The van der Waals surface area contributed by atoms with Crippen LogP contribution in [0, 0.1) is 0 Å². The molecule has 0 atom stereocenters. The number of halogens is 2. The minimum Gasteiger partial charge on any atom is -0.492 e. The number of benzene rings is 2. The van der Waals surface area contributed by atoms with Crippen molar-refractivity contribution in [3.8, 4) is 5.75 Å². The van der Waals surface area contributed by atoms with Gasteiger partial charge in [-0.05, 0) is 58.7 Å². The Morgan fingerprint density at radius 1 is 1.27 bits per heavy atom. The van der Waals surface area contributed by atoms with E-state index in [1.165, 1.54) is 0 Å². The van der Waals surface area contributed by atoms with Gasteiger partial charge in [-0.3, -0.25) is 4.79 Å². The molecule has 116 valence electrons. The zero-order chi connectivity index (χ0) is 15.9. The first kappa shape index (κ1) is 16.8. The van der Waals surface area contributed by atoms with E-state index in [0.717, 1.165) is 23.1 Å². The van der Waals surface area contributed by atoms with Gasteiger partial charge >= 0.3 is 0 Å². The van der Waals surface area contributed by atoms with Crippen molar-refractivity contribution in [2.24, 2.45) is 0 Å². The number of amides is 1. The lowest BCUT2D eigenvalue weighted by Gasteiger charge is -2.10. The highest BCUT2D eigenvalue weighted by Gasteiger charge is 2.10. The Balaban J connectivity index is 2.05. The smallest absolute Gasteiger partial charge is 0.255 e. The second-order valence-electron chi connectivity index (χ2n) is 4.81. The predicted octanol–water partition coefficient (Wildman–Crippen LogP) is 5.53. The fourth-order valence-corrected chi connectivity index (χ4v) is 2.54. The van der Waals surface area contributed by atoms with Crippen LogP contribution in [0.25, 0.3) is 0 Å². The summed E-state index contributed by atoms with van der Waals surface area (Å²) in [7, 11) is 0. The van der Waals surface area contributed by atoms with E-state index in [9.17, 15) is 4.79 Å². The number of anilines is 1. The number of ether oxygens (including phenoxy) is 1. The van der Waals surface area contributed by atoms with Gasteiger partial charge < -0.3 is 10.1 Å². The van der Waals surface area contributed by atoms with Crippen LogP contribution in [0.5, 0.6) is 5.75 Å². The van der Waals surface area contributed by atoms with Crippen LogP contribution >= 0.6 is 27.5 Å². The lowest BCUT2D eigenvalue weighted by molar-refractivity contribution is 0.102. The molecule has 0 aromatic heterocycles. The molecule has 0 aliphatic heterocycles. The first-order valence-electron chi connectivity index (χ1n) is 7.09. The summed E-state index contributed by atoms with van der Waals surface area (Å²) in [4.78, 5) is 12.2. The number of hydrogen-bond donors (Lipinski definition) is 1. The predicted molar refractivity (Wildman–Crippen MR) is 94.0 cm³/mol. The highest BCUT2D eigenvalue weighted by molar-refractivity contribution is 9.10. The standard InChI is InChI=1S/C17H17BrClNO2/c1-2-3-9-22-16-8-7-12(10-15(16)18)17(21)20-14-6-4-5-13(19)11-14/h4-8,10-11H,2-3,9H2,1H3,(H,20,21).